The first kappa shape index (κ1) is 33.9. The van der Waals surface area contributed by atoms with Crippen molar-refractivity contribution in [3.8, 4) is 11.6 Å². The van der Waals surface area contributed by atoms with Crippen molar-refractivity contribution in [3.63, 3.8) is 0 Å². The van der Waals surface area contributed by atoms with Crippen LogP contribution >= 0.6 is 11.6 Å². The average Bonchev–Trinajstić information content (AvgIpc) is 3.32. The van der Waals surface area contributed by atoms with Gasteiger partial charge in [0.1, 0.15) is 11.6 Å². The van der Waals surface area contributed by atoms with Gasteiger partial charge < -0.3 is 24.0 Å². The lowest BCUT2D eigenvalue weighted by Gasteiger charge is -2.42. The number of likely N-dealkylation sites (tertiary alicyclic amines) is 1. The summed E-state index contributed by atoms with van der Waals surface area (Å²) in [6.07, 6.45) is 2.64. The Kier molecular flexibility index (Phi) is 9.53. The number of fused-ring (bicyclic) bond motifs is 1. The fraction of sp³-hybridized carbons (Fsp3) is 0.424. The Balaban J connectivity index is 1.43. The van der Waals surface area contributed by atoms with Crippen LogP contribution in [0.15, 0.2) is 59.6 Å². The minimum atomic E-state index is -4.70. The van der Waals surface area contributed by atoms with Gasteiger partial charge in [0, 0.05) is 50.0 Å². The van der Waals surface area contributed by atoms with E-state index in [-0.39, 0.29) is 34.2 Å². The Morgan fingerprint density at radius 2 is 1.73 bits per heavy atom. The van der Waals surface area contributed by atoms with Gasteiger partial charge in [-0.05, 0) is 82.4 Å². The molecule has 2 fully saturated rings. The van der Waals surface area contributed by atoms with E-state index < -0.39 is 38.5 Å². The van der Waals surface area contributed by atoms with Gasteiger partial charge in [0.2, 0.25) is 5.88 Å². The topological polar surface area (TPSA) is 122 Å². The van der Waals surface area contributed by atoms with Crippen molar-refractivity contribution in [2.45, 2.75) is 36.3 Å². The fourth-order valence-electron chi connectivity index (χ4n) is 6.60. The molecule has 1 atom stereocenters. The fourth-order valence-corrected chi connectivity index (χ4v) is 8.21. The summed E-state index contributed by atoms with van der Waals surface area (Å²) >= 11 is 6.28. The number of nitrogens with zero attached hydrogens (tertiary/aromatic N) is 5. The molecule has 2 saturated heterocycles. The van der Waals surface area contributed by atoms with E-state index in [4.69, 9.17) is 25.8 Å². The Bertz CT molecular complexity index is 1800. The standard InChI is InChI=1S/C33H37ClFN5O7S/c1-4-46-30-25(6-5-13-36-30)33(47-32(42)39-18-16-38(17-19-39)22-11-14-37(2)15-12-22)26-20-27(34)28(35)21-29(26)40(31(33)41)48(43,44)24-9-7-23(45-3)8-10-24/h5-10,13,20-22H,4,11-12,14-19H2,1-3H3. The van der Waals surface area contributed by atoms with Gasteiger partial charge in [-0.2, -0.15) is 4.31 Å². The maximum Gasteiger partial charge on any atom is 0.411 e. The van der Waals surface area contributed by atoms with Crippen molar-refractivity contribution in [1.82, 2.24) is 19.7 Å². The van der Waals surface area contributed by atoms with Crippen LogP contribution in [0.25, 0.3) is 0 Å². The van der Waals surface area contributed by atoms with E-state index >= 15 is 4.39 Å². The summed E-state index contributed by atoms with van der Waals surface area (Å²) in [6.45, 7) is 5.70. The molecule has 2 aromatic carbocycles. The minimum absolute atomic E-state index is 0.0356. The quantitative estimate of drug-likeness (QED) is 0.339. The first-order chi connectivity index (χ1) is 23.0. The highest BCUT2D eigenvalue weighted by atomic mass is 35.5. The molecule has 15 heteroatoms. The highest BCUT2D eigenvalue weighted by Crippen LogP contribution is 2.52. The first-order valence-electron chi connectivity index (χ1n) is 15.7. The number of sulfonamides is 1. The number of rotatable bonds is 8. The second-order valence-electron chi connectivity index (χ2n) is 11.9. The first-order valence-corrected chi connectivity index (χ1v) is 17.5. The normalized spacial score (nSPS) is 20.9. The number of aromatic nitrogens is 1. The Morgan fingerprint density at radius 3 is 2.38 bits per heavy atom. The number of ether oxygens (including phenoxy) is 3. The van der Waals surface area contributed by atoms with Gasteiger partial charge >= 0.3 is 6.09 Å². The zero-order chi connectivity index (χ0) is 34.2. The molecule has 0 radical (unpaired) electrons. The van der Waals surface area contributed by atoms with Crippen molar-refractivity contribution in [3.05, 3.63) is 76.7 Å². The molecular formula is C33H37ClFN5O7S. The van der Waals surface area contributed by atoms with Gasteiger partial charge in [-0.25, -0.2) is 22.6 Å². The second kappa shape index (κ2) is 13.5. The molecule has 0 saturated carbocycles. The highest BCUT2D eigenvalue weighted by Gasteiger charge is 2.61. The average molecular weight is 702 g/mol. The highest BCUT2D eigenvalue weighted by molar-refractivity contribution is 7.93. The molecule has 2 amide bonds. The number of anilines is 1. The maximum absolute atomic E-state index is 15.1. The molecule has 1 unspecified atom stereocenters. The molecule has 3 aliphatic rings. The van der Waals surface area contributed by atoms with Gasteiger partial charge in [0.05, 0.1) is 34.9 Å². The van der Waals surface area contributed by atoms with Crippen molar-refractivity contribution in [2.75, 3.05) is 64.3 Å². The SMILES string of the molecule is CCOc1ncccc1C1(OC(=O)N2CCN(C3CCN(C)CC3)CC2)C(=O)N(S(=O)(=O)c2ccc(OC)cc2)c2cc(F)c(Cl)cc21. The van der Waals surface area contributed by atoms with E-state index in [2.05, 4.69) is 21.8 Å². The third kappa shape index (κ3) is 5.95. The number of benzene rings is 2. The largest absolute Gasteiger partial charge is 0.497 e. The van der Waals surface area contributed by atoms with Crippen molar-refractivity contribution >= 4 is 39.3 Å². The van der Waals surface area contributed by atoms with E-state index in [1.807, 2.05) is 0 Å². The number of halogens is 2. The maximum atomic E-state index is 15.1. The number of carbonyl (C=O) groups excluding carboxylic acids is 2. The molecule has 0 N–H and O–H groups in total. The van der Waals surface area contributed by atoms with Gasteiger partial charge in [0.15, 0.2) is 0 Å². The van der Waals surface area contributed by atoms with E-state index in [9.17, 15) is 18.0 Å². The molecule has 0 aliphatic carbocycles. The van der Waals surface area contributed by atoms with Gasteiger partial charge in [0.25, 0.3) is 21.5 Å². The molecule has 0 bridgehead atoms. The molecule has 3 aromatic rings. The molecule has 0 spiro atoms. The van der Waals surface area contributed by atoms with Gasteiger partial charge in [-0.3, -0.25) is 9.69 Å². The van der Waals surface area contributed by atoms with E-state index in [0.29, 0.717) is 42.3 Å². The van der Waals surface area contributed by atoms with Crippen molar-refractivity contribution in [2.24, 2.45) is 0 Å². The summed E-state index contributed by atoms with van der Waals surface area (Å²) in [5.74, 6) is -1.83. The van der Waals surface area contributed by atoms with Crippen LogP contribution in [-0.4, -0.2) is 106 Å². The number of amides is 2. The lowest BCUT2D eigenvalue weighted by Crippen LogP contribution is -2.55. The molecule has 1 aromatic heterocycles. The third-order valence-corrected chi connectivity index (χ3v) is 11.2. The Morgan fingerprint density at radius 1 is 1.04 bits per heavy atom. The van der Waals surface area contributed by atoms with Crippen LogP contribution in [-0.2, 0) is 25.2 Å². The van der Waals surface area contributed by atoms with Crippen molar-refractivity contribution in [1.29, 1.82) is 0 Å². The zero-order valence-corrected chi connectivity index (χ0v) is 28.5. The number of carbonyl (C=O) groups is 2. The molecule has 6 rings (SSSR count). The number of methoxy groups -OCH3 is 1. The Labute approximate surface area is 284 Å². The van der Waals surface area contributed by atoms with Crippen LogP contribution < -0.4 is 13.8 Å². The molecule has 3 aliphatic heterocycles. The summed E-state index contributed by atoms with van der Waals surface area (Å²) < 4.78 is 61.2. The third-order valence-electron chi connectivity index (χ3n) is 9.17. The van der Waals surface area contributed by atoms with Crippen LogP contribution in [0.1, 0.15) is 30.9 Å². The molecule has 4 heterocycles. The summed E-state index contributed by atoms with van der Waals surface area (Å²) in [7, 11) is -1.17. The van der Waals surface area contributed by atoms with Crippen LogP contribution in [0.3, 0.4) is 0 Å². The number of hydrogen-bond donors (Lipinski definition) is 0. The summed E-state index contributed by atoms with van der Waals surface area (Å²) in [5, 5.41) is -0.403. The number of piperidine rings is 1. The van der Waals surface area contributed by atoms with Gasteiger partial charge in [-0.15, -0.1) is 0 Å². The van der Waals surface area contributed by atoms with Crippen LogP contribution in [0, 0.1) is 5.82 Å². The Hall–Kier alpha value is -3.98. The minimum Gasteiger partial charge on any atom is -0.497 e. The molecule has 256 valence electrons. The molecule has 48 heavy (non-hydrogen) atoms. The van der Waals surface area contributed by atoms with E-state index in [1.54, 1.807) is 6.92 Å². The smallest absolute Gasteiger partial charge is 0.411 e. The molecular weight excluding hydrogens is 665 g/mol. The zero-order valence-electron chi connectivity index (χ0n) is 26.9. The lowest BCUT2D eigenvalue weighted by molar-refractivity contribution is -0.132. The number of pyridine rings is 1. The summed E-state index contributed by atoms with van der Waals surface area (Å²) in [5.41, 5.74) is -2.99. The predicted octanol–water partition coefficient (Wildman–Crippen LogP) is 4.11. The van der Waals surface area contributed by atoms with Crippen LogP contribution in [0.4, 0.5) is 14.9 Å². The monoisotopic (exact) mass is 701 g/mol. The predicted molar refractivity (Wildman–Crippen MR) is 175 cm³/mol. The van der Waals surface area contributed by atoms with Crippen LogP contribution in [0.5, 0.6) is 11.6 Å². The van der Waals surface area contributed by atoms with Crippen LogP contribution in [0.2, 0.25) is 5.02 Å². The van der Waals surface area contributed by atoms with Gasteiger partial charge in [-0.1, -0.05) is 11.6 Å². The number of piperazine rings is 1. The van der Waals surface area contributed by atoms with E-state index in [0.717, 1.165) is 38.1 Å². The lowest BCUT2D eigenvalue weighted by atomic mass is 9.87. The second-order valence-corrected chi connectivity index (χ2v) is 14.1. The molecule has 12 nitrogen and oxygen atoms in total. The van der Waals surface area contributed by atoms with E-state index in [1.165, 1.54) is 54.6 Å². The summed E-state index contributed by atoms with van der Waals surface area (Å²) in [4.78, 5) is 39.1. The summed E-state index contributed by atoms with van der Waals surface area (Å²) in [6, 6.07) is 10.7. The van der Waals surface area contributed by atoms with Crippen molar-refractivity contribution < 1.29 is 36.6 Å². The number of hydrogen-bond acceptors (Lipinski definition) is 10.